The second-order valence-electron chi connectivity index (χ2n) is 6.75. The monoisotopic (exact) mass is 369 g/mol. The van der Waals surface area contributed by atoms with Gasteiger partial charge in [-0.05, 0) is 44.0 Å². The fraction of sp³-hybridized carbons (Fsp3) is 0.316. The maximum atomic E-state index is 13.0. The molecule has 0 saturated carbocycles. The van der Waals surface area contributed by atoms with Crippen molar-refractivity contribution in [3.05, 3.63) is 53.7 Å². The van der Waals surface area contributed by atoms with Gasteiger partial charge in [0.2, 0.25) is 0 Å². The number of aromatic amines is 1. The maximum absolute atomic E-state index is 13.0. The minimum Gasteiger partial charge on any atom is -0.356 e. The molecule has 8 heteroatoms. The molecule has 4 rings (SSSR count). The van der Waals surface area contributed by atoms with E-state index in [1.165, 1.54) is 12.1 Å². The van der Waals surface area contributed by atoms with Crippen LogP contribution in [0, 0.1) is 12.7 Å². The van der Waals surface area contributed by atoms with Gasteiger partial charge in [-0.25, -0.2) is 9.18 Å². The van der Waals surface area contributed by atoms with Gasteiger partial charge in [0.15, 0.2) is 5.76 Å². The molecule has 0 aliphatic carbocycles. The molecule has 27 heavy (non-hydrogen) atoms. The lowest BCUT2D eigenvalue weighted by Gasteiger charge is -2.32. The zero-order valence-corrected chi connectivity index (χ0v) is 14.9. The molecule has 1 saturated heterocycles. The van der Waals surface area contributed by atoms with Crippen LogP contribution in [0.1, 0.15) is 30.1 Å². The van der Waals surface area contributed by atoms with E-state index in [9.17, 15) is 9.18 Å². The molecule has 2 N–H and O–H groups in total. The number of benzene rings is 1. The van der Waals surface area contributed by atoms with Gasteiger partial charge in [0, 0.05) is 30.8 Å². The predicted molar refractivity (Wildman–Crippen MR) is 97.8 cm³/mol. The van der Waals surface area contributed by atoms with Crippen molar-refractivity contribution in [2.45, 2.75) is 25.7 Å². The van der Waals surface area contributed by atoms with Crippen LogP contribution in [0.2, 0.25) is 0 Å². The molecule has 0 unspecified atom stereocenters. The number of nitrogens with zero attached hydrogens (tertiary/aromatic N) is 3. The molecule has 1 aliphatic rings. The van der Waals surface area contributed by atoms with Gasteiger partial charge in [0.25, 0.3) is 0 Å². The van der Waals surface area contributed by atoms with E-state index in [-0.39, 0.29) is 17.8 Å². The number of hydrogen-bond donors (Lipinski definition) is 2. The van der Waals surface area contributed by atoms with Crippen LogP contribution < -0.4 is 5.32 Å². The standard InChI is InChI=1S/C19H20FN5O2/c1-12-9-17(27-24-12)16-10-21-23-18(16)13-3-2-8-25(11-13)19(26)22-15-6-4-14(20)5-7-15/h4-7,9-10,13H,2-3,8,11H2,1H3,(H,21,23)(H,22,26)/t13-/m0/s1. The molecule has 1 aromatic carbocycles. The number of amides is 2. The number of anilines is 1. The van der Waals surface area contributed by atoms with Gasteiger partial charge in [-0.3, -0.25) is 5.10 Å². The topological polar surface area (TPSA) is 87.0 Å². The van der Waals surface area contributed by atoms with Crippen LogP contribution in [0.15, 0.2) is 41.1 Å². The lowest BCUT2D eigenvalue weighted by Crippen LogP contribution is -2.41. The number of rotatable bonds is 3. The van der Waals surface area contributed by atoms with Crippen LogP contribution >= 0.6 is 0 Å². The van der Waals surface area contributed by atoms with Crippen molar-refractivity contribution in [1.29, 1.82) is 0 Å². The molecule has 2 aromatic heterocycles. The Morgan fingerprint density at radius 3 is 2.93 bits per heavy atom. The van der Waals surface area contributed by atoms with Gasteiger partial charge >= 0.3 is 6.03 Å². The molecule has 1 atom stereocenters. The van der Waals surface area contributed by atoms with Crippen LogP contribution in [0.4, 0.5) is 14.9 Å². The molecule has 1 fully saturated rings. The molecule has 1 aliphatic heterocycles. The molecule has 2 amide bonds. The van der Waals surface area contributed by atoms with E-state index in [0.29, 0.717) is 24.5 Å². The fourth-order valence-electron chi connectivity index (χ4n) is 3.43. The summed E-state index contributed by atoms with van der Waals surface area (Å²) in [4.78, 5) is 14.4. The first kappa shape index (κ1) is 17.3. The number of aromatic nitrogens is 3. The van der Waals surface area contributed by atoms with Crippen LogP contribution in [0.25, 0.3) is 11.3 Å². The summed E-state index contributed by atoms with van der Waals surface area (Å²) < 4.78 is 18.4. The smallest absolute Gasteiger partial charge is 0.321 e. The van der Waals surface area contributed by atoms with Gasteiger partial charge in [-0.15, -0.1) is 0 Å². The summed E-state index contributed by atoms with van der Waals surface area (Å²) in [6, 6.07) is 7.43. The van der Waals surface area contributed by atoms with E-state index < -0.39 is 0 Å². The van der Waals surface area contributed by atoms with Gasteiger partial charge < -0.3 is 14.7 Å². The van der Waals surface area contributed by atoms with Crippen molar-refractivity contribution in [2.24, 2.45) is 0 Å². The van der Waals surface area contributed by atoms with Crippen LogP contribution in [0.3, 0.4) is 0 Å². The highest BCUT2D eigenvalue weighted by Gasteiger charge is 2.28. The van der Waals surface area contributed by atoms with Crippen molar-refractivity contribution in [1.82, 2.24) is 20.3 Å². The van der Waals surface area contributed by atoms with E-state index in [2.05, 4.69) is 20.7 Å². The zero-order chi connectivity index (χ0) is 18.8. The Labute approximate surface area is 155 Å². The summed E-state index contributed by atoms with van der Waals surface area (Å²) in [6.07, 6.45) is 3.56. The third-order valence-corrected chi connectivity index (χ3v) is 4.77. The Morgan fingerprint density at radius 2 is 2.19 bits per heavy atom. The summed E-state index contributed by atoms with van der Waals surface area (Å²) in [5.74, 6) is 0.463. The number of H-pyrrole nitrogens is 1. The molecule has 3 aromatic rings. The normalized spacial score (nSPS) is 17.1. The predicted octanol–water partition coefficient (Wildman–Crippen LogP) is 3.92. The summed E-state index contributed by atoms with van der Waals surface area (Å²) >= 11 is 0. The summed E-state index contributed by atoms with van der Waals surface area (Å²) in [7, 11) is 0. The first-order valence-corrected chi connectivity index (χ1v) is 8.88. The van der Waals surface area contributed by atoms with Crippen molar-refractivity contribution in [3.63, 3.8) is 0 Å². The second kappa shape index (κ2) is 7.22. The van der Waals surface area contributed by atoms with Gasteiger partial charge in [-0.1, -0.05) is 5.16 Å². The first-order valence-electron chi connectivity index (χ1n) is 8.88. The van der Waals surface area contributed by atoms with Gasteiger partial charge in [0.1, 0.15) is 5.82 Å². The number of aryl methyl sites for hydroxylation is 1. The van der Waals surface area contributed by atoms with Crippen molar-refractivity contribution in [3.8, 4) is 11.3 Å². The summed E-state index contributed by atoms with van der Waals surface area (Å²) in [6.45, 7) is 3.11. The quantitative estimate of drug-likeness (QED) is 0.732. The Kier molecular flexibility index (Phi) is 4.62. The number of nitrogens with one attached hydrogen (secondary N) is 2. The van der Waals surface area contributed by atoms with Gasteiger partial charge in [-0.2, -0.15) is 5.10 Å². The fourth-order valence-corrected chi connectivity index (χ4v) is 3.43. The number of urea groups is 1. The van der Waals surface area contributed by atoms with Crippen LogP contribution in [0.5, 0.6) is 0 Å². The molecule has 140 valence electrons. The van der Waals surface area contributed by atoms with E-state index >= 15 is 0 Å². The van der Waals surface area contributed by atoms with E-state index in [1.54, 1.807) is 23.2 Å². The average Bonchev–Trinajstić information content (AvgIpc) is 3.32. The third-order valence-electron chi connectivity index (χ3n) is 4.77. The SMILES string of the molecule is Cc1cc(-c2cn[nH]c2[C@H]2CCCN(C(=O)Nc3ccc(F)cc3)C2)on1. The number of likely N-dealkylation sites (tertiary alicyclic amines) is 1. The van der Waals surface area contributed by atoms with Crippen molar-refractivity contribution < 1.29 is 13.7 Å². The highest BCUT2D eigenvalue weighted by atomic mass is 19.1. The molecule has 3 heterocycles. The molecule has 0 spiro atoms. The Bertz CT molecular complexity index is 934. The lowest BCUT2D eigenvalue weighted by atomic mass is 9.92. The van der Waals surface area contributed by atoms with Crippen molar-refractivity contribution >= 4 is 11.7 Å². The van der Waals surface area contributed by atoms with E-state index in [4.69, 9.17) is 4.52 Å². The number of halogens is 1. The highest BCUT2D eigenvalue weighted by Crippen LogP contribution is 2.33. The largest absolute Gasteiger partial charge is 0.356 e. The summed E-state index contributed by atoms with van der Waals surface area (Å²) in [5.41, 5.74) is 3.20. The summed E-state index contributed by atoms with van der Waals surface area (Å²) in [5, 5.41) is 14.0. The number of carbonyl (C=O) groups is 1. The second-order valence-corrected chi connectivity index (χ2v) is 6.75. The van der Waals surface area contributed by atoms with E-state index in [1.807, 2.05) is 13.0 Å². The van der Waals surface area contributed by atoms with Gasteiger partial charge in [0.05, 0.1) is 23.1 Å². The van der Waals surface area contributed by atoms with Crippen LogP contribution in [-0.2, 0) is 0 Å². The Morgan fingerprint density at radius 1 is 1.37 bits per heavy atom. The number of hydrogen-bond acceptors (Lipinski definition) is 4. The lowest BCUT2D eigenvalue weighted by molar-refractivity contribution is 0.192. The molecule has 0 radical (unpaired) electrons. The number of carbonyl (C=O) groups excluding carboxylic acids is 1. The van der Waals surface area contributed by atoms with E-state index in [0.717, 1.165) is 29.8 Å². The maximum Gasteiger partial charge on any atom is 0.321 e. The molecule has 7 nitrogen and oxygen atoms in total. The first-order chi connectivity index (χ1) is 13.1. The zero-order valence-electron chi connectivity index (χ0n) is 14.9. The van der Waals surface area contributed by atoms with Crippen LogP contribution in [-0.4, -0.2) is 39.4 Å². The number of piperidine rings is 1. The van der Waals surface area contributed by atoms with Crippen molar-refractivity contribution in [2.75, 3.05) is 18.4 Å². The minimum absolute atomic E-state index is 0.126. The Hall–Kier alpha value is -3.16. The molecule has 0 bridgehead atoms. The Balaban J connectivity index is 1.48. The third kappa shape index (κ3) is 3.69. The highest BCUT2D eigenvalue weighted by molar-refractivity contribution is 5.89. The average molecular weight is 369 g/mol. The minimum atomic E-state index is -0.333. The molecular formula is C19H20FN5O2. The molecular weight excluding hydrogens is 349 g/mol.